The molecule has 2 aliphatic rings. The second-order valence-electron chi connectivity index (χ2n) is 5.85. The van der Waals surface area contributed by atoms with Crippen LogP contribution in [0.3, 0.4) is 0 Å². The summed E-state index contributed by atoms with van der Waals surface area (Å²) in [5, 5.41) is 0. The highest BCUT2D eigenvalue weighted by Crippen LogP contribution is 2.41. The number of carbonyl (C=O) groups excluding carboxylic acids is 1. The Kier molecular flexibility index (Phi) is 4.24. The molecule has 1 spiro atoms. The van der Waals surface area contributed by atoms with Crippen LogP contribution in [0.1, 0.15) is 26.7 Å². The SMILES string of the molecule is CC(C)[C@H](N)C(=O)N1CCCC2(C1)SCCN2C. The molecule has 2 N–H and O–H groups in total. The smallest absolute Gasteiger partial charge is 0.239 e. The van der Waals surface area contributed by atoms with Crippen LogP contribution in [0.4, 0.5) is 0 Å². The number of carbonyl (C=O) groups is 1. The van der Waals surface area contributed by atoms with Gasteiger partial charge in [0.15, 0.2) is 0 Å². The van der Waals surface area contributed by atoms with Crippen molar-refractivity contribution in [3.63, 3.8) is 0 Å². The van der Waals surface area contributed by atoms with Gasteiger partial charge in [-0.3, -0.25) is 9.69 Å². The van der Waals surface area contributed by atoms with Crippen LogP contribution in [0.25, 0.3) is 0 Å². The quantitative estimate of drug-likeness (QED) is 0.813. The van der Waals surface area contributed by atoms with E-state index in [0.717, 1.165) is 26.1 Å². The van der Waals surface area contributed by atoms with Crippen molar-refractivity contribution in [3.8, 4) is 0 Å². The summed E-state index contributed by atoms with van der Waals surface area (Å²) in [4.78, 5) is 16.9. The van der Waals surface area contributed by atoms with E-state index in [1.807, 2.05) is 30.5 Å². The minimum Gasteiger partial charge on any atom is -0.339 e. The van der Waals surface area contributed by atoms with E-state index in [4.69, 9.17) is 5.73 Å². The molecule has 0 saturated carbocycles. The summed E-state index contributed by atoms with van der Waals surface area (Å²) in [7, 11) is 2.18. The van der Waals surface area contributed by atoms with Crippen molar-refractivity contribution in [1.82, 2.24) is 9.80 Å². The molecule has 2 fully saturated rings. The van der Waals surface area contributed by atoms with Gasteiger partial charge >= 0.3 is 0 Å². The highest BCUT2D eigenvalue weighted by molar-refractivity contribution is 8.00. The standard InChI is InChI=1S/C13H25N3OS/c1-10(2)11(14)12(17)16-6-4-5-13(9-16)15(3)7-8-18-13/h10-11H,4-9,14H2,1-3H3/t11-,13?/m0/s1. The molecule has 1 amide bonds. The van der Waals surface area contributed by atoms with Crippen LogP contribution in [0.5, 0.6) is 0 Å². The largest absolute Gasteiger partial charge is 0.339 e. The highest BCUT2D eigenvalue weighted by atomic mass is 32.2. The fourth-order valence-electron chi connectivity index (χ4n) is 2.80. The second kappa shape index (κ2) is 5.39. The van der Waals surface area contributed by atoms with E-state index in [1.165, 1.54) is 12.2 Å². The number of likely N-dealkylation sites (N-methyl/N-ethyl adjacent to an activating group) is 1. The third-order valence-electron chi connectivity index (χ3n) is 4.24. The molecule has 5 heteroatoms. The maximum absolute atomic E-state index is 12.4. The van der Waals surface area contributed by atoms with Crippen molar-refractivity contribution < 1.29 is 4.79 Å². The molecule has 0 aromatic carbocycles. The van der Waals surface area contributed by atoms with Crippen LogP contribution in [0, 0.1) is 5.92 Å². The lowest BCUT2D eigenvalue weighted by Gasteiger charge is -2.44. The van der Waals surface area contributed by atoms with Gasteiger partial charge in [-0.1, -0.05) is 13.8 Å². The fourth-order valence-corrected chi connectivity index (χ4v) is 4.40. The van der Waals surface area contributed by atoms with Crippen LogP contribution < -0.4 is 5.73 Å². The average molecular weight is 271 g/mol. The molecule has 4 nitrogen and oxygen atoms in total. The van der Waals surface area contributed by atoms with Crippen LogP contribution in [0.15, 0.2) is 0 Å². The van der Waals surface area contributed by atoms with Gasteiger partial charge in [-0.05, 0) is 25.8 Å². The van der Waals surface area contributed by atoms with E-state index in [-0.39, 0.29) is 22.7 Å². The Bertz CT molecular complexity index is 323. The van der Waals surface area contributed by atoms with Gasteiger partial charge in [0.1, 0.15) is 0 Å². The molecule has 18 heavy (non-hydrogen) atoms. The monoisotopic (exact) mass is 271 g/mol. The Morgan fingerprint density at radius 2 is 2.11 bits per heavy atom. The van der Waals surface area contributed by atoms with E-state index >= 15 is 0 Å². The van der Waals surface area contributed by atoms with Gasteiger partial charge in [-0.2, -0.15) is 0 Å². The zero-order chi connectivity index (χ0) is 13.3. The molecular weight excluding hydrogens is 246 g/mol. The minimum absolute atomic E-state index is 0.130. The Morgan fingerprint density at radius 1 is 1.39 bits per heavy atom. The zero-order valence-electron chi connectivity index (χ0n) is 11.7. The predicted octanol–water partition coefficient (Wildman–Crippen LogP) is 0.967. The molecule has 104 valence electrons. The molecule has 2 atom stereocenters. The lowest BCUT2D eigenvalue weighted by molar-refractivity contribution is -0.136. The first-order valence-electron chi connectivity index (χ1n) is 6.86. The van der Waals surface area contributed by atoms with Crippen LogP contribution in [0.2, 0.25) is 0 Å². The summed E-state index contributed by atoms with van der Waals surface area (Å²) >= 11 is 2.01. The second-order valence-corrected chi connectivity index (χ2v) is 7.31. The van der Waals surface area contributed by atoms with Crippen molar-refractivity contribution in [2.75, 3.05) is 32.4 Å². The molecule has 2 heterocycles. The zero-order valence-corrected chi connectivity index (χ0v) is 12.5. The molecule has 2 rings (SSSR count). The average Bonchev–Trinajstić information content (AvgIpc) is 2.69. The van der Waals surface area contributed by atoms with Gasteiger partial charge in [0.25, 0.3) is 0 Å². The van der Waals surface area contributed by atoms with Crippen LogP contribution >= 0.6 is 11.8 Å². The Morgan fingerprint density at radius 3 is 2.67 bits per heavy atom. The lowest BCUT2D eigenvalue weighted by Crippen LogP contribution is -2.57. The summed E-state index contributed by atoms with van der Waals surface area (Å²) < 4.78 is 0. The van der Waals surface area contributed by atoms with Crippen LogP contribution in [-0.4, -0.2) is 59.1 Å². The first-order valence-corrected chi connectivity index (χ1v) is 7.84. The number of nitrogens with zero attached hydrogens (tertiary/aromatic N) is 2. The van der Waals surface area contributed by atoms with Crippen molar-refractivity contribution in [2.45, 2.75) is 37.6 Å². The van der Waals surface area contributed by atoms with Gasteiger partial charge < -0.3 is 10.6 Å². The van der Waals surface area contributed by atoms with Gasteiger partial charge in [0.05, 0.1) is 10.9 Å². The number of amides is 1. The van der Waals surface area contributed by atoms with Gasteiger partial charge in [-0.15, -0.1) is 11.8 Å². The van der Waals surface area contributed by atoms with Gasteiger partial charge in [0, 0.05) is 25.4 Å². The highest BCUT2D eigenvalue weighted by Gasteiger charge is 2.44. The first-order chi connectivity index (χ1) is 8.46. The minimum atomic E-state index is -0.350. The Hall–Kier alpha value is -0.260. The lowest BCUT2D eigenvalue weighted by atomic mass is 9.99. The molecule has 2 aliphatic heterocycles. The summed E-state index contributed by atoms with van der Waals surface area (Å²) in [6, 6.07) is -0.350. The van der Waals surface area contributed by atoms with Crippen molar-refractivity contribution in [1.29, 1.82) is 0 Å². The number of piperidine rings is 1. The number of likely N-dealkylation sites (tertiary alicyclic amines) is 1. The maximum atomic E-state index is 12.4. The third-order valence-corrected chi connectivity index (χ3v) is 5.81. The summed E-state index contributed by atoms with van der Waals surface area (Å²) in [5.41, 5.74) is 6.00. The summed E-state index contributed by atoms with van der Waals surface area (Å²) in [6.07, 6.45) is 2.28. The molecule has 2 saturated heterocycles. The van der Waals surface area contributed by atoms with E-state index in [9.17, 15) is 4.79 Å². The maximum Gasteiger partial charge on any atom is 0.239 e. The fraction of sp³-hybridized carbons (Fsp3) is 0.923. The van der Waals surface area contributed by atoms with E-state index in [0.29, 0.717) is 0 Å². The first kappa shape index (κ1) is 14.2. The molecular formula is C13H25N3OS. The van der Waals surface area contributed by atoms with Crippen molar-refractivity contribution in [2.24, 2.45) is 11.7 Å². The summed E-state index contributed by atoms with van der Waals surface area (Å²) in [5.74, 6) is 1.52. The van der Waals surface area contributed by atoms with E-state index in [1.54, 1.807) is 0 Å². The van der Waals surface area contributed by atoms with E-state index < -0.39 is 0 Å². The Balaban J connectivity index is 2.05. The number of hydrogen-bond acceptors (Lipinski definition) is 4. The molecule has 0 aromatic heterocycles. The molecule has 0 bridgehead atoms. The molecule has 1 unspecified atom stereocenters. The Labute approximate surface area is 114 Å². The van der Waals surface area contributed by atoms with E-state index in [2.05, 4.69) is 11.9 Å². The number of rotatable bonds is 2. The number of hydrogen-bond donors (Lipinski definition) is 1. The van der Waals surface area contributed by atoms with Gasteiger partial charge in [0.2, 0.25) is 5.91 Å². The predicted molar refractivity (Wildman–Crippen MR) is 76.4 cm³/mol. The molecule has 0 radical (unpaired) electrons. The van der Waals surface area contributed by atoms with Crippen LogP contribution in [-0.2, 0) is 4.79 Å². The number of thioether (sulfide) groups is 1. The third kappa shape index (κ3) is 2.53. The summed E-state index contributed by atoms with van der Waals surface area (Å²) in [6.45, 7) is 6.86. The molecule has 0 aliphatic carbocycles. The van der Waals surface area contributed by atoms with Crippen molar-refractivity contribution >= 4 is 17.7 Å². The normalized spacial score (nSPS) is 31.3. The number of nitrogens with two attached hydrogens (primary N) is 1. The molecule has 0 aromatic rings. The van der Waals surface area contributed by atoms with Crippen molar-refractivity contribution in [3.05, 3.63) is 0 Å². The topological polar surface area (TPSA) is 49.6 Å². The van der Waals surface area contributed by atoms with Gasteiger partial charge in [-0.25, -0.2) is 0 Å².